The molecular formula is C28H32ClN3O4. The molecule has 3 aromatic rings. The Bertz CT molecular complexity index is 1230. The zero-order valence-corrected chi connectivity index (χ0v) is 22.3. The van der Waals surface area contributed by atoms with Gasteiger partial charge >= 0.3 is 5.97 Å². The van der Waals surface area contributed by atoms with E-state index in [4.69, 9.17) is 25.9 Å². The van der Waals surface area contributed by atoms with Crippen molar-refractivity contribution < 1.29 is 19.1 Å². The number of aromatic carboxylic acids is 1. The molecule has 0 aliphatic carbocycles. The fraction of sp³-hybridized carbons (Fsp3) is 0.321. The van der Waals surface area contributed by atoms with Gasteiger partial charge in [0, 0.05) is 0 Å². The topological polar surface area (TPSA) is 108 Å². The van der Waals surface area contributed by atoms with Gasteiger partial charge in [0.1, 0.15) is 12.7 Å². The number of halogens is 1. The number of nitrogens with one attached hydrogen (secondary N) is 1. The molecule has 0 amide bonds. The monoisotopic (exact) mass is 509 g/mol. The number of ether oxygens (including phenoxy) is 1. The van der Waals surface area contributed by atoms with Crippen LogP contribution in [0.25, 0.3) is 11.5 Å². The molecular weight excluding hydrogens is 478 g/mol. The average molecular weight is 510 g/mol. The van der Waals surface area contributed by atoms with Gasteiger partial charge in [-0.3, -0.25) is 0 Å². The van der Waals surface area contributed by atoms with E-state index in [0.29, 0.717) is 17.2 Å². The van der Waals surface area contributed by atoms with Crippen LogP contribution < -0.4 is 5.32 Å². The molecule has 0 radical (unpaired) electrons. The quantitative estimate of drug-likeness (QED) is 0.264. The fourth-order valence-corrected chi connectivity index (χ4v) is 3.13. The van der Waals surface area contributed by atoms with Gasteiger partial charge < -0.3 is 19.6 Å². The average Bonchev–Trinajstić information content (AvgIpc) is 3.31. The predicted octanol–water partition coefficient (Wildman–Crippen LogP) is 6.87. The van der Waals surface area contributed by atoms with Gasteiger partial charge in [0.2, 0.25) is 17.5 Å². The summed E-state index contributed by atoms with van der Waals surface area (Å²) in [5.74, 6) is 5.28. The third kappa shape index (κ3) is 8.78. The van der Waals surface area contributed by atoms with E-state index < -0.39 is 5.97 Å². The minimum atomic E-state index is -0.966. The number of carbonyl (C=O) groups is 1. The van der Waals surface area contributed by atoms with Gasteiger partial charge in [0.25, 0.3) is 0 Å². The maximum Gasteiger partial charge on any atom is 0.335 e. The van der Waals surface area contributed by atoms with Gasteiger partial charge in [-0.15, -0.1) is 0 Å². The lowest BCUT2D eigenvalue weighted by Crippen LogP contribution is -2.00. The van der Waals surface area contributed by atoms with Crippen molar-refractivity contribution in [2.75, 3.05) is 18.5 Å². The van der Waals surface area contributed by atoms with Gasteiger partial charge in [-0.2, -0.15) is 10.2 Å². The zero-order valence-electron chi connectivity index (χ0n) is 21.5. The highest BCUT2D eigenvalue weighted by Crippen LogP contribution is 2.33. The molecule has 0 aliphatic rings. The van der Waals surface area contributed by atoms with Crippen molar-refractivity contribution in [1.29, 1.82) is 5.26 Å². The van der Waals surface area contributed by atoms with E-state index in [-0.39, 0.29) is 36.2 Å². The SMILES string of the molecule is CC.CC.Cc1cc(C)c(Cl)c(-c2nc(C#N)c(NCC#CCOCc3ccc(C(=O)O)cc3)o2)c1. The van der Waals surface area contributed by atoms with Gasteiger partial charge in [0.15, 0.2) is 0 Å². The van der Waals surface area contributed by atoms with Crippen LogP contribution >= 0.6 is 11.6 Å². The van der Waals surface area contributed by atoms with Crippen LogP contribution in [0, 0.1) is 37.0 Å². The summed E-state index contributed by atoms with van der Waals surface area (Å²) in [4.78, 5) is 15.1. The van der Waals surface area contributed by atoms with Gasteiger partial charge in [-0.05, 0) is 48.7 Å². The first-order valence-electron chi connectivity index (χ1n) is 11.7. The standard InChI is InChI=1S/C24H20ClN3O4.2C2H6/c1-15-11-16(2)21(25)19(12-15)22-28-20(13-26)23(32-22)27-9-3-4-10-31-14-17-5-7-18(8-6-17)24(29)30;2*1-2/h5-8,11-12,27H,9-10,14H2,1-2H3,(H,29,30);2*1-2H3. The number of nitrogens with zero attached hydrogens (tertiary/aromatic N) is 2. The number of carboxylic acid groups (broad SMARTS) is 1. The first kappa shape index (κ1) is 30.3. The van der Waals surface area contributed by atoms with E-state index in [9.17, 15) is 10.1 Å². The van der Waals surface area contributed by atoms with Crippen LogP contribution in [-0.2, 0) is 11.3 Å². The van der Waals surface area contributed by atoms with Crippen molar-refractivity contribution in [1.82, 2.24) is 4.98 Å². The van der Waals surface area contributed by atoms with E-state index >= 15 is 0 Å². The number of rotatable bonds is 7. The molecule has 7 nitrogen and oxygen atoms in total. The smallest absolute Gasteiger partial charge is 0.335 e. The Morgan fingerprint density at radius 2 is 1.81 bits per heavy atom. The predicted molar refractivity (Wildman–Crippen MR) is 143 cm³/mol. The van der Waals surface area contributed by atoms with Crippen molar-refractivity contribution >= 4 is 23.5 Å². The molecule has 190 valence electrons. The lowest BCUT2D eigenvalue weighted by atomic mass is 10.1. The van der Waals surface area contributed by atoms with Crippen molar-refractivity contribution in [2.45, 2.75) is 48.1 Å². The number of hydrogen-bond donors (Lipinski definition) is 2. The van der Waals surface area contributed by atoms with Crippen LogP contribution in [0.2, 0.25) is 5.02 Å². The van der Waals surface area contributed by atoms with Crippen molar-refractivity contribution in [3.63, 3.8) is 0 Å². The van der Waals surface area contributed by atoms with Crippen LogP contribution in [0.15, 0.2) is 40.8 Å². The molecule has 2 aromatic carbocycles. The highest BCUT2D eigenvalue weighted by Gasteiger charge is 2.17. The number of anilines is 1. The molecule has 0 spiro atoms. The number of aryl methyl sites for hydroxylation is 2. The largest absolute Gasteiger partial charge is 0.478 e. The van der Waals surface area contributed by atoms with E-state index in [0.717, 1.165) is 16.7 Å². The summed E-state index contributed by atoms with van der Waals surface area (Å²) < 4.78 is 11.2. The summed E-state index contributed by atoms with van der Waals surface area (Å²) in [5, 5.41) is 21.7. The Morgan fingerprint density at radius 1 is 1.14 bits per heavy atom. The molecule has 36 heavy (non-hydrogen) atoms. The normalized spacial score (nSPS) is 9.39. The minimum Gasteiger partial charge on any atom is -0.478 e. The molecule has 0 fully saturated rings. The lowest BCUT2D eigenvalue weighted by Gasteiger charge is -2.05. The summed E-state index contributed by atoms with van der Waals surface area (Å²) in [5.41, 5.74) is 3.75. The van der Waals surface area contributed by atoms with Gasteiger partial charge in [-0.1, -0.05) is 69.3 Å². The molecule has 0 saturated carbocycles. The van der Waals surface area contributed by atoms with Crippen LogP contribution in [0.4, 0.5) is 5.88 Å². The van der Waals surface area contributed by atoms with Crippen LogP contribution in [0.5, 0.6) is 0 Å². The Hall–Kier alpha value is -3.78. The second-order valence-electron chi connectivity index (χ2n) is 6.95. The number of nitriles is 1. The fourth-order valence-electron chi connectivity index (χ4n) is 2.94. The zero-order chi connectivity index (χ0) is 27.1. The molecule has 0 aliphatic heterocycles. The van der Waals surface area contributed by atoms with E-state index in [2.05, 4.69) is 22.1 Å². The molecule has 8 heteroatoms. The Morgan fingerprint density at radius 3 is 2.42 bits per heavy atom. The first-order chi connectivity index (χ1) is 17.4. The van der Waals surface area contributed by atoms with Crippen molar-refractivity contribution in [3.05, 3.63) is 69.4 Å². The second kappa shape index (κ2) is 16.0. The van der Waals surface area contributed by atoms with E-state index in [1.54, 1.807) is 12.1 Å². The Balaban J connectivity index is 0.00000154. The molecule has 0 unspecified atom stereocenters. The molecule has 3 rings (SSSR count). The molecule has 1 heterocycles. The first-order valence-corrected chi connectivity index (χ1v) is 12.0. The molecule has 0 saturated heterocycles. The third-order valence-electron chi connectivity index (χ3n) is 4.47. The summed E-state index contributed by atoms with van der Waals surface area (Å²) >= 11 is 6.38. The third-order valence-corrected chi connectivity index (χ3v) is 4.97. The molecule has 1 aromatic heterocycles. The maximum absolute atomic E-state index is 10.8. The summed E-state index contributed by atoms with van der Waals surface area (Å²) in [7, 11) is 0. The second-order valence-corrected chi connectivity index (χ2v) is 7.33. The summed E-state index contributed by atoms with van der Waals surface area (Å²) in [6.07, 6.45) is 0. The van der Waals surface area contributed by atoms with Gasteiger partial charge in [-0.25, -0.2) is 4.79 Å². The maximum atomic E-state index is 10.8. The number of benzene rings is 2. The lowest BCUT2D eigenvalue weighted by molar-refractivity contribution is 0.0696. The van der Waals surface area contributed by atoms with E-state index in [1.165, 1.54) is 12.1 Å². The molecule has 2 N–H and O–H groups in total. The van der Waals surface area contributed by atoms with Crippen LogP contribution in [0.3, 0.4) is 0 Å². The Kier molecular flexibility index (Phi) is 13.4. The van der Waals surface area contributed by atoms with Gasteiger partial charge in [0.05, 0.1) is 29.3 Å². The number of hydrogen-bond acceptors (Lipinski definition) is 6. The summed E-state index contributed by atoms with van der Waals surface area (Å²) in [6.45, 7) is 12.6. The molecule has 0 bridgehead atoms. The highest BCUT2D eigenvalue weighted by atomic mass is 35.5. The highest BCUT2D eigenvalue weighted by molar-refractivity contribution is 6.34. The number of aromatic nitrogens is 1. The number of carboxylic acids is 1. The van der Waals surface area contributed by atoms with Crippen molar-refractivity contribution in [2.24, 2.45) is 0 Å². The number of oxazole rings is 1. The summed E-state index contributed by atoms with van der Waals surface area (Å²) in [6, 6.07) is 12.3. The van der Waals surface area contributed by atoms with Crippen LogP contribution in [-0.4, -0.2) is 29.2 Å². The minimum absolute atomic E-state index is 0.123. The Labute approximate surface area is 218 Å². The van der Waals surface area contributed by atoms with Crippen molar-refractivity contribution in [3.8, 4) is 29.4 Å². The molecule has 0 atom stereocenters. The van der Waals surface area contributed by atoms with E-state index in [1.807, 2.05) is 59.7 Å². The van der Waals surface area contributed by atoms with Crippen LogP contribution in [0.1, 0.15) is 60.4 Å².